The Labute approximate surface area is 166 Å². The molecule has 0 spiro atoms. The maximum Gasteiger partial charge on any atom is 0.407 e. The van der Waals surface area contributed by atoms with Crippen LogP contribution in [0.15, 0.2) is 30.3 Å². The lowest BCUT2D eigenvalue weighted by Crippen LogP contribution is -2.52. The van der Waals surface area contributed by atoms with Gasteiger partial charge in [-0.2, -0.15) is 0 Å². The van der Waals surface area contributed by atoms with E-state index in [0.717, 1.165) is 25.1 Å². The first-order valence-corrected chi connectivity index (χ1v) is 9.41. The van der Waals surface area contributed by atoms with Crippen molar-refractivity contribution in [2.24, 2.45) is 5.41 Å². The van der Waals surface area contributed by atoms with Gasteiger partial charge in [0.05, 0.1) is 0 Å². The lowest BCUT2D eigenvalue weighted by molar-refractivity contribution is 0.0478. The number of rotatable bonds is 3. The molecule has 1 aromatic carbocycles. The summed E-state index contributed by atoms with van der Waals surface area (Å²) in [6.07, 6.45) is 0.663. The molecule has 1 saturated heterocycles. The van der Waals surface area contributed by atoms with E-state index in [9.17, 15) is 9.59 Å². The summed E-state index contributed by atoms with van der Waals surface area (Å²) in [7, 11) is 0. The molecule has 1 fully saturated rings. The van der Waals surface area contributed by atoms with Crippen molar-refractivity contribution in [1.29, 1.82) is 0 Å². The number of piperidine rings is 1. The first-order valence-electron chi connectivity index (χ1n) is 9.03. The van der Waals surface area contributed by atoms with Crippen molar-refractivity contribution in [2.75, 3.05) is 13.1 Å². The van der Waals surface area contributed by atoms with Gasteiger partial charge >= 0.3 is 11.5 Å². The van der Waals surface area contributed by atoms with Gasteiger partial charge in [-0.1, -0.05) is 44.2 Å². The molecule has 0 unspecified atom stereocenters. The molecule has 2 N–H and O–H groups in total. The van der Waals surface area contributed by atoms with Gasteiger partial charge in [0.1, 0.15) is 12.2 Å². The molecule has 27 heavy (non-hydrogen) atoms. The number of halogens is 1. The molecule has 0 radical (unpaired) electrons. The molecule has 1 aromatic rings. The van der Waals surface area contributed by atoms with Crippen LogP contribution in [0.4, 0.5) is 9.59 Å². The summed E-state index contributed by atoms with van der Waals surface area (Å²) in [5.41, 5.74) is -0.0325. The van der Waals surface area contributed by atoms with E-state index < -0.39 is 11.0 Å². The second-order valence-electron chi connectivity index (χ2n) is 8.35. The van der Waals surface area contributed by atoms with E-state index in [1.54, 1.807) is 0 Å². The minimum absolute atomic E-state index is 0.165. The first-order chi connectivity index (χ1) is 12.5. The summed E-state index contributed by atoms with van der Waals surface area (Å²) in [6, 6.07) is 9.53. The van der Waals surface area contributed by atoms with Gasteiger partial charge in [-0.05, 0) is 38.2 Å². The van der Waals surface area contributed by atoms with Gasteiger partial charge in [-0.15, -0.1) is 0 Å². The van der Waals surface area contributed by atoms with Crippen LogP contribution in [-0.2, 0) is 16.1 Å². The maximum atomic E-state index is 11.6. The van der Waals surface area contributed by atoms with E-state index in [2.05, 4.69) is 29.2 Å². The van der Waals surface area contributed by atoms with Gasteiger partial charge in [0, 0.05) is 30.7 Å². The summed E-state index contributed by atoms with van der Waals surface area (Å²) >= 11 is 4.97. The standard InChI is InChI=1S/C12H24N2O2.C8H7ClO2/c1-11(2,3)16-10(15)14-9-6-12(4,5)8-13-7-9;9-8(10)11-6-7-4-2-1-3-5-7/h9,13H,6-8H2,1-5H3,(H,14,15);1-5H,6H2/t9-;/m0./s1. The molecular formula is C20H31ClN2O4. The van der Waals surface area contributed by atoms with Crippen LogP contribution in [0.3, 0.4) is 0 Å². The average Bonchev–Trinajstić information content (AvgIpc) is 2.51. The van der Waals surface area contributed by atoms with Gasteiger partial charge in [0.2, 0.25) is 0 Å². The number of benzene rings is 1. The third-order valence-corrected chi connectivity index (χ3v) is 3.82. The Bertz CT molecular complexity index is 600. The van der Waals surface area contributed by atoms with Crippen LogP contribution in [0.25, 0.3) is 0 Å². The molecule has 1 aliphatic heterocycles. The number of hydrogen-bond acceptors (Lipinski definition) is 5. The van der Waals surface area contributed by atoms with Crippen LogP contribution in [0.2, 0.25) is 0 Å². The fourth-order valence-electron chi connectivity index (χ4n) is 2.69. The van der Waals surface area contributed by atoms with Crippen LogP contribution in [0, 0.1) is 5.41 Å². The third kappa shape index (κ3) is 11.5. The van der Waals surface area contributed by atoms with Gasteiger partial charge in [-0.25, -0.2) is 9.59 Å². The molecule has 7 heteroatoms. The molecule has 2 rings (SSSR count). The summed E-state index contributed by atoms with van der Waals surface area (Å²) in [4.78, 5) is 21.7. The number of carbonyl (C=O) groups excluding carboxylic acids is 2. The van der Waals surface area contributed by atoms with E-state index in [1.165, 1.54) is 0 Å². The van der Waals surface area contributed by atoms with E-state index in [-0.39, 0.29) is 24.2 Å². The zero-order valence-electron chi connectivity index (χ0n) is 16.8. The number of alkyl carbamates (subject to hydrolysis) is 1. The van der Waals surface area contributed by atoms with Gasteiger partial charge in [0.15, 0.2) is 0 Å². The number of nitrogens with one attached hydrogen (secondary N) is 2. The Balaban J connectivity index is 0.000000289. The Hall–Kier alpha value is -1.79. The number of ether oxygens (including phenoxy) is 2. The van der Waals surface area contributed by atoms with Crippen molar-refractivity contribution in [2.45, 2.75) is 59.3 Å². The quantitative estimate of drug-likeness (QED) is 0.735. The second-order valence-corrected chi connectivity index (χ2v) is 8.66. The molecule has 6 nitrogen and oxygen atoms in total. The van der Waals surface area contributed by atoms with Gasteiger partial charge in [0.25, 0.3) is 0 Å². The Kier molecular flexibility index (Phi) is 9.06. The highest BCUT2D eigenvalue weighted by Crippen LogP contribution is 2.24. The van der Waals surface area contributed by atoms with E-state index in [1.807, 2.05) is 51.1 Å². The fraction of sp³-hybridized carbons (Fsp3) is 0.600. The molecule has 1 heterocycles. The first kappa shape index (κ1) is 23.2. The van der Waals surface area contributed by atoms with E-state index in [0.29, 0.717) is 0 Å². The van der Waals surface area contributed by atoms with E-state index in [4.69, 9.17) is 16.3 Å². The van der Waals surface area contributed by atoms with Gasteiger partial charge in [-0.3, -0.25) is 0 Å². The highest BCUT2D eigenvalue weighted by atomic mass is 35.5. The normalized spacial score (nSPS) is 18.5. The largest absolute Gasteiger partial charge is 0.449 e. The number of carbonyl (C=O) groups is 2. The molecule has 1 aliphatic rings. The fourth-order valence-corrected chi connectivity index (χ4v) is 2.74. The number of amides is 1. The SMILES string of the molecule is CC1(C)CNC[C@@H](NC(=O)OC(C)(C)C)C1.O=C(Cl)OCc1ccccc1. The topological polar surface area (TPSA) is 76.7 Å². The molecule has 0 aliphatic carbocycles. The lowest BCUT2D eigenvalue weighted by Gasteiger charge is -2.36. The van der Waals surface area contributed by atoms with Crippen molar-refractivity contribution in [3.8, 4) is 0 Å². The van der Waals surface area contributed by atoms with Crippen LogP contribution >= 0.6 is 11.6 Å². The van der Waals surface area contributed by atoms with Crippen molar-refractivity contribution in [3.63, 3.8) is 0 Å². The van der Waals surface area contributed by atoms with Crippen LogP contribution in [0.1, 0.15) is 46.6 Å². The molecule has 0 bridgehead atoms. The van der Waals surface area contributed by atoms with Crippen LogP contribution in [-0.4, -0.2) is 36.3 Å². The Morgan fingerprint density at radius 3 is 2.41 bits per heavy atom. The minimum Gasteiger partial charge on any atom is -0.449 e. The predicted molar refractivity (Wildman–Crippen MR) is 107 cm³/mol. The zero-order valence-corrected chi connectivity index (χ0v) is 17.6. The Morgan fingerprint density at radius 1 is 1.26 bits per heavy atom. The molecule has 152 valence electrons. The van der Waals surface area contributed by atoms with Crippen molar-refractivity contribution >= 4 is 23.1 Å². The molecule has 0 saturated carbocycles. The summed E-state index contributed by atoms with van der Waals surface area (Å²) in [5, 5.41) is 6.23. The lowest BCUT2D eigenvalue weighted by atomic mass is 9.83. The summed E-state index contributed by atoms with van der Waals surface area (Å²) in [5.74, 6) is 0. The third-order valence-electron chi connectivity index (χ3n) is 3.71. The highest BCUT2D eigenvalue weighted by molar-refractivity contribution is 6.61. The molecule has 1 atom stereocenters. The van der Waals surface area contributed by atoms with Gasteiger partial charge < -0.3 is 20.1 Å². The van der Waals surface area contributed by atoms with Crippen molar-refractivity contribution in [1.82, 2.24) is 10.6 Å². The average molecular weight is 399 g/mol. The van der Waals surface area contributed by atoms with E-state index >= 15 is 0 Å². The van der Waals surface area contributed by atoms with Crippen molar-refractivity contribution in [3.05, 3.63) is 35.9 Å². The van der Waals surface area contributed by atoms with Crippen LogP contribution < -0.4 is 10.6 Å². The number of hydrogen-bond donors (Lipinski definition) is 2. The Morgan fingerprint density at radius 2 is 1.89 bits per heavy atom. The predicted octanol–water partition coefficient (Wildman–Crippen LogP) is 4.46. The van der Waals surface area contributed by atoms with Crippen LogP contribution in [0.5, 0.6) is 0 Å². The monoisotopic (exact) mass is 398 g/mol. The zero-order chi connectivity index (χ0) is 20.5. The second kappa shape index (κ2) is 10.5. The summed E-state index contributed by atoms with van der Waals surface area (Å²) < 4.78 is 9.79. The molecule has 0 aromatic heterocycles. The van der Waals surface area contributed by atoms with Crippen molar-refractivity contribution < 1.29 is 19.1 Å². The minimum atomic E-state index is -0.770. The molecular weight excluding hydrogens is 368 g/mol. The summed E-state index contributed by atoms with van der Waals surface area (Å²) in [6.45, 7) is 12.1. The highest BCUT2D eigenvalue weighted by Gasteiger charge is 2.29. The molecule has 1 amide bonds. The smallest absolute Gasteiger partial charge is 0.407 e. The maximum absolute atomic E-state index is 11.6.